The first-order chi connectivity index (χ1) is 8.52. The van der Waals surface area contributed by atoms with Gasteiger partial charge in [-0.25, -0.2) is 8.42 Å². The van der Waals surface area contributed by atoms with Gasteiger partial charge in [-0.2, -0.15) is 5.10 Å². The molecule has 1 aliphatic heterocycles. The van der Waals surface area contributed by atoms with Crippen molar-refractivity contribution in [2.45, 2.75) is 32.4 Å². The lowest BCUT2D eigenvalue weighted by Gasteiger charge is -2.11. The Hall–Kier alpha value is -1.37. The quantitative estimate of drug-likeness (QED) is 0.849. The summed E-state index contributed by atoms with van der Waals surface area (Å²) in [6.45, 7) is 2.69. The van der Waals surface area contributed by atoms with Crippen LogP contribution in [0.15, 0.2) is 12.3 Å². The zero-order valence-corrected chi connectivity index (χ0v) is 11.1. The Morgan fingerprint density at radius 1 is 1.61 bits per heavy atom. The highest BCUT2D eigenvalue weighted by Crippen LogP contribution is 2.12. The number of carbonyl (C=O) groups is 1. The van der Waals surface area contributed by atoms with E-state index in [0.29, 0.717) is 18.7 Å². The van der Waals surface area contributed by atoms with E-state index in [1.807, 2.05) is 6.92 Å². The number of aryl methyl sites for hydroxylation is 1. The van der Waals surface area contributed by atoms with Crippen LogP contribution in [0.1, 0.15) is 30.3 Å². The van der Waals surface area contributed by atoms with Gasteiger partial charge in [0, 0.05) is 18.8 Å². The van der Waals surface area contributed by atoms with Gasteiger partial charge < -0.3 is 5.32 Å². The Balaban J connectivity index is 2.02. The summed E-state index contributed by atoms with van der Waals surface area (Å²) in [6, 6.07) is 1.38. The molecule has 0 bridgehead atoms. The Kier molecular flexibility index (Phi) is 3.70. The van der Waals surface area contributed by atoms with Crippen molar-refractivity contribution in [3.8, 4) is 0 Å². The molecule has 0 spiro atoms. The minimum Gasteiger partial charge on any atom is -0.347 e. The van der Waals surface area contributed by atoms with Crippen LogP contribution in [0.3, 0.4) is 0 Å². The molecule has 1 aromatic rings. The second kappa shape index (κ2) is 5.09. The first-order valence-electron chi connectivity index (χ1n) is 6.05. The highest BCUT2D eigenvalue weighted by Gasteiger charge is 2.29. The van der Waals surface area contributed by atoms with Crippen molar-refractivity contribution in [3.63, 3.8) is 0 Å². The van der Waals surface area contributed by atoms with Crippen LogP contribution in [0, 0.1) is 0 Å². The fourth-order valence-corrected chi connectivity index (χ4v) is 3.76. The van der Waals surface area contributed by atoms with E-state index in [9.17, 15) is 13.2 Å². The number of hydrogen-bond acceptors (Lipinski definition) is 4. The molecule has 1 aliphatic rings. The van der Waals surface area contributed by atoms with Crippen LogP contribution < -0.4 is 5.32 Å². The van der Waals surface area contributed by atoms with Gasteiger partial charge in [0.2, 0.25) is 0 Å². The van der Waals surface area contributed by atoms with Crippen molar-refractivity contribution in [1.29, 1.82) is 0 Å². The van der Waals surface area contributed by atoms with E-state index >= 15 is 0 Å². The summed E-state index contributed by atoms with van der Waals surface area (Å²) in [5, 5.41) is 6.82. The van der Waals surface area contributed by atoms with Gasteiger partial charge in [0.05, 0.1) is 11.5 Å². The Labute approximate surface area is 106 Å². The zero-order chi connectivity index (χ0) is 13.2. The van der Waals surface area contributed by atoms with E-state index in [1.54, 1.807) is 16.9 Å². The number of sulfone groups is 1. The van der Waals surface area contributed by atoms with E-state index < -0.39 is 9.84 Å². The first kappa shape index (κ1) is 13.1. The third-order valence-corrected chi connectivity index (χ3v) is 4.72. The number of carbonyl (C=O) groups excluding carboxylic acids is 1. The minimum absolute atomic E-state index is 0.0423. The van der Waals surface area contributed by atoms with Crippen molar-refractivity contribution in [1.82, 2.24) is 15.1 Å². The van der Waals surface area contributed by atoms with Crippen LogP contribution in [0.2, 0.25) is 0 Å². The van der Waals surface area contributed by atoms with Crippen LogP contribution in [-0.2, 0) is 16.4 Å². The molecule has 6 nitrogen and oxygen atoms in total. The molecule has 1 atom stereocenters. The fraction of sp³-hybridized carbons (Fsp3) is 0.636. The van der Waals surface area contributed by atoms with Crippen LogP contribution >= 0.6 is 0 Å². The van der Waals surface area contributed by atoms with Crippen molar-refractivity contribution in [2.75, 3.05) is 11.5 Å². The molecule has 0 unspecified atom stereocenters. The summed E-state index contributed by atoms with van der Waals surface area (Å²) >= 11 is 0. The highest BCUT2D eigenvalue weighted by molar-refractivity contribution is 7.91. The summed E-state index contributed by atoms with van der Waals surface area (Å²) in [5.41, 5.74) is 0.487. The minimum atomic E-state index is -2.97. The number of nitrogens with zero attached hydrogens (tertiary/aromatic N) is 2. The van der Waals surface area contributed by atoms with Gasteiger partial charge in [0.1, 0.15) is 5.69 Å². The smallest absolute Gasteiger partial charge is 0.269 e. The van der Waals surface area contributed by atoms with Gasteiger partial charge in [-0.3, -0.25) is 9.48 Å². The molecule has 0 radical (unpaired) electrons. The fourth-order valence-electron chi connectivity index (χ4n) is 2.08. The van der Waals surface area contributed by atoms with E-state index in [4.69, 9.17) is 0 Å². The second-order valence-corrected chi connectivity index (χ2v) is 6.74. The molecular formula is C11H17N3O3S. The summed E-state index contributed by atoms with van der Waals surface area (Å²) in [7, 11) is -2.97. The molecule has 1 N–H and O–H groups in total. The monoisotopic (exact) mass is 271 g/mol. The lowest BCUT2D eigenvalue weighted by atomic mass is 10.2. The normalized spacial score (nSPS) is 21.9. The third-order valence-electron chi connectivity index (χ3n) is 2.95. The molecule has 2 rings (SSSR count). The molecule has 1 saturated heterocycles. The van der Waals surface area contributed by atoms with Gasteiger partial charge in [-0.15, -0.1) is 0 Å². The average molecular weight is 271 g/mol. The van der Waals surface area contributed by atoms with Gasteiger partial charge in [-0.05, 0) is 18.9 Å². The summed E-state index contributed by atoms with van der Waals surface area (Å²) in [4.78, 5) is 12.0. The molecule has 100 valence electrons. The maximum atomic E-state index is 12.0. The average Bonchev–Trinajstić information content (AvgIpc) is 2.86. The maximum Gasteiger partial charge on any atom is 0.269 e. The Bertz CT molecular complexity index is 535. The van der Waals surface area contributed by atoms with Crippen LogP contribution in [-0.4, -0.2) is 41.7 Å². The van der Waals surface area contributed by atoms with Crippen LogP contribution in [0.5, 0.6) is 0 Å². The number of rotatable bonds is 4. The molecule has 1 amide bonds. The number of hydrogen-bond donors (Lipinski definition) is 1. The van der Waals surface area contributed by atoms with Crippen molar-refractivity contribution >= 4 is 15.7 Å². The van der Waals surface area contributed by atoms with Gasteiger partial charge in [0.25, 0.3) is 5.91 Å². The SMILES string of the molecule is CCCn1nccc1C(=O)N[C@@H]1CCS(=O)(=O)C1. The van der Waals surface area contributed by atoms with Crippen LogP contribution in [0.25, 0.3) is 0 Å². The predicted octanol–water partition coefficient (Wildman–Crippen LogP) is 0.210. The predicted molar refractivity (Wildman–Crippen MR) is 67.0 cm³/mol. The van der Waals surface area contributed by atoms with Crippen molar-refractivity contribution < 1.29 is 13.2 Å². The highest BCUT2D eigenvalue weighted by atomic mass is 32.2. The van der Waals surface area contributed by atoms with Crippen molar-refractivity contribution in [3.05, 3.63) is 18.0 Å². The van der Waals surface area contributed by atoms with Crippen LogP contribution in [0.4, 0.5) is 0 Å². The Morgan fingerprint density at radius 3 is 3.00 bits per heavy atom. The van der Waals surface area contributed by atoms with Gasteiger partial charge in [-0.1, -0.05) is 6.92 Å². The molecule has 2 heterocycles. The third kappa shape index (κ3) is 2.90. The lowest BCUT2D eigenvalue weighted by Crippen LogP contribution is -2.36. The van der Waals surface area contributed by atoms with E-state index in [1.165, 1.54) is 0 Å². The molecular weight excluding hydrogens is 254 g/mol. The summed E-state index contributed by atoms with van der Waals surface area (Å²) in [6.07, 6.45) is 2.96. The standard InChI is InChI=1S/C11H17N3O3S/c1-2-6-14-10(3-5-12-14)11(15)13-9-4-7-18(16,17)8-9/h3,5,9H,2,4,6-8H2,1H3,(H,13,15)/t9-/m1/s1. The first-order valence-corrected chi connectivity index (χ1v) is 7.87. The largest absolute Gasteiger partial charge is 0.347 e. The molecule has 7 heteroatoms. The van der Waals surface area contributed by atoms with Gasteiger partial charge >= 0.3 is 0 Å². The van der Waals surface area contributed by atoms with E-state index in [0.717, 1.165) is 6.42 Å². The molecule has 0 saturated carbocycles. The van der Waals surface area contributed by atoms with E-state index in [2.05, 4.69) is 10.4 Å². The van der Waals surface area contributed by atoms with Gasteiger partial charge in [0.15, 0.2) is 9.84 Å². The molecule has 1 fully saturated rings. The maximum absolute atomic E-state index is 12.0. The summed E-state index contributed by atoms with van der Waals surface area (Å²) < 4.78 is 24.3. The van der Waals surface area contributed by atoms with Crippen molar-refractivity contribution in [2.24, 2.45) is 0 Å². The lowest BCUT2D eigenvalue weighted by molar-refractivity contribution is 0.0930. The molecule has 0 aliphatic carbocycles. The van der Waals surface area contributed by atoms with E-state index in [-0.39, 0.29) is 23.5 Å². The second-order valence-electron chi connectivity index (χ2n) is 4.51. The number of amides is 1. The topological polar surface area (TPSA) is 81.1 Å². The number of aromatic nitrogens is 2. The summed E-state index contributed by atoms with van der Waals surface area (Å²) in [5.74, 6) is -0.0460. The Morgan fingerprint density at radius 2 is 2.39 bits per heavy atom. The zero-order valence-electron chi connectivity index (χ0n) is 10.3. The number of nitrogens with one attached hydrogen (secondary N) is 1. The molecule has 18 heavy (non-hydrogen) atoms. The molecule has 1 aromatic heterocycles. The molecule has 0 aromatic carbocycles.